The standard InChI is InChI=1S/C22H25F3N2O2S2/c1-31(29)13-8-16(9-14-31)21(28)27-11-10-26(15-19(27)20-3-2-12-30-20)18-6-4-17(5-7-18)22(23,24)25/h2-7,12,16,19H,1,8-11,13-15H2. The Kier molecular flexibility index (Phi) is 6.09. The number of thiophene rings is 1. The fraction of sp³-hybridized carbons (Fsp3) is 0.455. The topological polar surface area (TPSA) is 40.6 Å². The van der Waals surface area contributed by atoms with Crippen LogP contribution in [-0.2, 0) is 20.5 Å². The summed E-state index contributed by atoms with van der Waals surface area (Å²) in [7, 11) is -2.05. The van der Waals surface area contributed by atoms with E-state index < -0.39 is 21.3 Å². The quantitative estimate of drug-likeness (QED) is 0.629. The van der Waals surface area contributed by atoms with E-state index >= 15 is 0 Å². The van der Waals surface area contributed by atoms with Gasteiger partial charge < -0.3 is 9.80 Å². The van der Waals surface area contributed by atoms with E-state index in [4.69, 9.17) is 0 Å². The van der Waals surface area contributed by atoms with Gasteiger partial charge in [-0.15, -0.1) is 11.3 Å². The summed E-state index contributed by atoms with van der Waals surface area (Å²) in [6.07, 6.45) is -3.17. The van der Waals surface area contributed by atoms with Gasteiger partial charge in [-0.2, -0.15) is 13.2 Å². The van der Waals surface area contributed by atoms with Gasteiger partial charge in [-0.05, 0) is 63.9 Å². The number of nitrogens with zero attached hydrogens (tertiary/aromatic N) is 2. The zero-order valence-corrected chi connectivity index (χ0v) is 18.6. The van der Waals surface area contributed by atoms with Crippen LogP contribution in [0.25, 0.3) is 0 Å². The molecule has 0 saturated carbocycles. The number of benzene rings is 1. The predicted octanol–water partition coefficient (Wildman–Crippen LogP) is 4.28. The number of rotatable bonds is 3. The molecule has 1 atom stereocenters. The highest BCUT2D eigenvalue weighted by Gasteiger charge is 2.37. The van der Waals surface area contributed by atoms with E-state index in [9.17, 15) is 22.2 Å². The van der Waals surface area contributed by atoms with Gasteiger partial charge in [0.25, 0.3) is 0 Å². The first-order valence-electron chi connectivity index (χ1n) is 10.2. The van der Waals surface area contributed by atoms with Gasteiger partial charge in [0, 0.05) is 47.6 Å². The van der Waals surface area contributed by atoms with Crippen molar-refractivity contribution < 1.29 is 22.2 Å². The monoisotopic (exact) mass is 470 g/mol. The Bertz CT molecular complexity index is 1000. The van der Waals surface area contributed by atoms with Crippen LogP contribution in [0.4, 0.5) is 18.9 Å². The van der Waals surface area contributed by atoms with E-state index in [0.29, 0.717) is 44.0 Å². The van der Waals surface area contributed by atoms with E-state index in [1.54, 1.807) is 11.3 Å². The molecular formula is C22H25F3N2O2S2. The smallest absolute Gasteiger partial charge is 0.367 e. The first kappa shape index (κ1) is 22.2. The molecule has 0 aliphatic carbocycles. The molecule has 0 N–H and O–H groups in total. The summed E-state index contributed by atoms with van der Waals surface area (Å²) in [5.74, 6) is 4.69. The third-order valence-corrected chi connectivity index (χ3v) is 9.05. The van der Waals surface area contributed by atoms with Gasteiger partial charge in [0.1, 0.15) is 0 Å². The summed E-state index contributed by atoms with van der Waals surface area (Å²) < 4.78 is 50.9. The molecule has 2 fully saturated rings. The maximum absolute atomic E-state index is 13.3. The van der Waals surface area contributed by atoms with Crippen LogP contribution in [0.1, 0.15) is 29.3 Å². The molecule has 2 aliphatic rings. The average molecular weight is 471 g/mol. The van der Waals surface area contributed by atoms with Crippen molar-refractivity contribution >= 4 is 38.3 Å². The maximum atomic E-state index is 13.3. The molecule has 1 aromatic carbocycles. The van der Waals surface area contributed by atoms with Crippen LogP contribution in [0.5, 0.6) is 0 Å². The first-order chi connectivity index (χ1) is 14.6. The van der Waals surface area contributed by atoms with Crippen molar-refractivity contribution in [3.05, 3.63) is 52.2 Å². The lowest BCUT2D eigenvalue weighted by molar-refractivity contribution is -0.139. The summed E-state index contributed by atoms with van der Waals surface area (Å²) in [4.78, 5) is 18.3. The number of hydrogen-bond donors (Lipinski definition) is 0. The van der Waals surface area contributed by atoms with Crippen molar-refractivity contribution in [2.45, 2.75) is 25.1 Å². The Labute approximate surface area is 184 Å². The number of alkyl halides is 3. The van der Waals surface area contributed by atoms with Crippen LogP contribution in [-0.4, -0.2) is 52.0 Å². The van der Waals surface area contributed by atoms with Crippen LogP contribution in [0.15, 0.2) is 41.8 Å². The largest absolute Gasteiger partial charge is 0.416 e. The zero-order valence-electron chi connectivity index (χ0n) is 17.0. The number of carbonyl (C=O) groups excluding carboxylic acids is 1. The van der Waals surface area contributed by atoms with Crippen molar-refractivity contribution in [1.29, 1.82) is 0 Å². The molecule has 1 amide bonds. The summed E-state index contributed by atoms with van der Waals surface area (Å²) in [5, 5.41) is 1.97. The predicted molar refractivity (Wildman–Crippen MR) is 120 cm³/mol. The second-order valence-electron chi connectivity index (χ2n) is 8.20. The SMILES string of the molecule is C=S1(=O)CCC(C(=O)N2CCN(c3ccc(C(F)(F)F)cc3)CC2c2cccs2)CC1. The molecule has 3 heterocycles. The fourth-order valence-corrected chi connectivity index (χ4v) is 6.77. The fourth-order valence-electron chi connectivity index (χ4n) is 4.31. The van der Waals surface area contributed by atoms with E-state index in [-0.39, 0.29) is 17.9 Å². The van der Waals surface area contributed by atoms with Crippen LogP contribution in [0.2, 0.25) is 0 Å². The Morgan fingerprint density at radius 1 is 1.10 bits per heavy atom. The van der Waals surface area contributed by atoms with Crippen molar-refractivity contribution in [2.24, 2.45) is 5.92 Å². The summed E-state index contributed by atoms with van der Waals surface area (Å²) in [5.41, 5.74) is 0.0512. The number of piperazine rings is 1. The molecule has 2 aromatic rings. The number of anilines is 1. The lowest BCUT2D eigenvalue weighted by Crippen LogP contribution is -2.52. The number of amides is 1. The van der Waals surface area contributed by atoms with Gasteiger partial charge in [-0.3, -0.25) is 9.00 Å². The second-order valence-corrected chi connectivity index (χ2v) is 11.9. The van der Waals surface area contributed by atoms with Crippen LogP contribution < -0.4 is 4.90 Å². The molecular weight excluding hydrogens is 445 g/mol. The minimum Gasteiger partial charge on any atom is -0.367 e. The van der Waals surface area contributed by atoms with Gasteiger partial charge in [0.2, 0.25) is 5.91 Å². The van der Waals surface area contributed by atoms with Crippen molar-refractivity contribution in [3.63, 3.8) is 0 Å². The van der Waals surface area contributed by atoms with Crippen molar-refractivity contribution in [2.75, 3.05) is 36.0 Å². The Balaban J connectivity index is 1.53. The molecule has 0 bridgehead atoms. The molecule has 0 spiro atoms. The van der Waals surface area contributed by atoms with Gasteiger partial charge in [0.05, 0.1) is 11.6 Å². The van der Waals surface area contributed by atoms with Gasteiger partial charge in [-0.25, -0.2) is 0 Å². The van der Waals surface area contributed by atoms with E-state index in [1.165, 1.54) is 12.1 Å². The molecule has 9 heteroatoms. The highest BCUT2D eigenvalue weighted by molar-refractivity contribution is 8.00. The molecule has 1 unspecified atom stereocenters. The number of halogens is 3. The Morgan fingerprint density at radius 3 is 2.35 bits per heavy atom. The molecule has 0 radical (unpaired) electrons. The average Bonchev–Trinajstić information content (AvgIpc) is 3.27. The van der Waals surface area contributed by atoms with E-state index in [0.717, 1.165) is 22.7 Å². The molecule has 4 nitrogen and oxygen atoms in total. The number of carbonyl (C=O) groups is 1. The molecule has 2 aliphatic heterocycles. The minimum absolute atomic E-state index is 0.0837. The molecule has 4 rings (SSSR count). The molecule has 168 valence electrons. The van der Waals surface area contributed by atoms with Crippen LogP contribution >= 0.6 is 11.3 Å². The van der Waals surface area contributed by atoms with Gasteiger partial charge in [0.15, 0.2) is 0 Å². The van der Waals surface area contributed by atoms with Gasteiger partial charge in [-0.1, -0.05) is 6.07 Å². The summed E-state index contributed by atoms with van der Waals surface area (Å²) in [6.45, 7) is 1.58. The van der Waals surface area contributed by atoms with Gasteiger partial charge >= 0.3 is 6.18 Å². The second kappa shape index (κ2) is 8.50. The van der Waals surface area contributed by atoms with E-state index in [1.807, 2.05) is 27.3 Å². The van der Waals surface area contributed by atoms with E-state index in [2.05, 4.69) is 5.87 Å². The van der Waals surface area contributed by atoms with Crippen LogP contribution in [0, 0.1) is 5.92 Å². The third kappa shape index (κ3) is 4.92. The Hall–Kier alpha value is -2.00. The first-order valence-corrected chi connectivity index (χ1v) is 13.2. The number of hydrogen-bond acceptors (Lipinski definition) is 4. The molecule has 1 aromatic heterocycles. The minimum atomic E-state index is -4.36. The lowest BCUT2D eigenvalue weighted by atomic mass is 9.98. The highest BCUT2D eigenvalue weighted by Crippen LogP contribution is 2.35. The Morgan fingerprint density at radius 2 is 1.77 bits per heavy atom. The maximum Gasteiger partial charge on any atom is 0.416 e. The lowest BCUT2D eigenvalue weighted by Gasteiger charge is -2.44. The molecule has 2 saturated heterocycles. The third-order valence-electron chi connectivity index (χ3n) is 6.12. The van der Waals surface area contributed by atoms with Crippen LogP contribution in [0.3, 0.4) is 0 Å². The normalized spacial score (nSPS) is 27.3. The summed E-state index contributed by atoms with van der Waals surface area (Å²) >= 11 is 1.57. The molecule has 31 heavy (non-hydrogen) atoms. The van der Waals surface area contributed by atoms with Crippen molar-refractivity contribution in [3.8, 4) is 0 Å². The van der Waals surface area contributed by atoms with Crippen molar-refractivity contribution in [1.82, 2.24) is 4.90 Å². The zero-order chi connectivity index (χ0) is 22.2. The highest BCUT2D eigenvalue weighted by atomic mass is 32.2. The summed E-state index contributed by atoms with van der Waals surface area (Å²) in [6, 6.07) is 8.98.